The second kappa shape index (κ2) is 14.6. The summed E-state index contributed by atoms with van der Waals surface area (Å²) in [5.74, 6) is -1.80. The van der Waals surface area contributed by atoms with Gasteiger partial charge in [-0.2, -0.15) is 13.2 Å². The third-order valence-electron chi connectivity index (χ3n) is 7.71. The van der Waals surface area contributed by atoms with Crippen LogP contribution in [0.2, 0.25) is 5.02 Å². The third-order valence-corrected chi connectivity index (χ3v) is 9.18. The number of nitrogens with one attached hydrogen (secondary N) is 1. The van der Waals surface area contributed by atoms with E-state index in [1.165, 1.54) is 29.2 Å². The standard InChI is InChI=1S/C32H34ClF4N3O4S/c1-45(43,44)40(26-16-17-28(33)27(19-26)32(35,36)37)21-30(41)39(20-23-12-14-24(34)15-13-23)29(18-22-8-4-2-5-9-22)31(42)38-25-10-6-3-7-11-25/h2,4-5,8-9,12-17,19,25,29H,3,6-7,10-11,18,20-21H2,1H3,(H,38,42)/t29-/m1/s1. The van der Waals surface area contributed by atoms with E-state index in [9.17, 15) is 35.6 Å². The third kappa shape index (κ3) is 9.43. The molecule has 4 rings (SSSR count). The lowest BCUT2D eigenvalue weighted by Gasteiger charge is -2.35. The molecule has 3 aromatic rings. The maximum Gasteiger partial charge on any atom is 0.417 e. The number of sulfonamides is 1. The molecule has 242 valence electrons. The topological polar surface area (TPSA) is 86.8 Å². The molecule has 0 radical (unpaired) electrons. The van der Waals surface area contributed by atoms with Crippen molar-refractivity contribution < 1.29 is 35.6 Å². The van der Waals surface area contributed by atoms with Crippen LogP contribution >= 0.6 is 11.6 Å². The Balaban J connectivity index is 1.75. The number of anilines is 1. The average Bonchev–Trinajstić information content (AvgIpc) is 2.99. The molecular weight excluding hydrogens is 634 g/mol. The number of hydrogen-bond donors (Lipinski definition) is 1. The van der Waals surface area contributed by atoms with Crippen LogP contribution in [0, 0.1) is 5.82 Å². The smallest absolute Gasteiger partial charge is 0.352 e. The zero-order valence-corrected chi connectivity index (χ0v) is 26.1. The molecule has 1 saturated carbocycles. The number of halogens is 5. The van der Waals surface area contributed by atoms with Crippen molar-refractivity contribution in [2.24, 2.45) is 0 Å². The molecule has 3 aromatic carbocycles. The van der Waals surface area contributed by atoms with Gasteiger partial charge in [0.2, 0.25) is 21.8 Å². The molecule has 2 amide bonds. The molecule has 0 bridgehead atoms. The van der Waals surface area contributed by atoms with Crippen LogP contribution in [0.15, 0.2) is 72.8 Å². The average molecular weight is 668 g/mol. The van der Waals surface area contributed by atoms with Gasteiger partial charge < -0.3 is 10.2 Å². The molecule has 0 heterocycles. The predicted octanol–water partition coefficient (Wildman–Crippen LogP) is 6.35. The van der Waals surface area contributed by atoms with E-state index in [4.69, 9.17) is 11.6 Å². The maximum absolute atomic E-state index is 14.1. The molecule has 0 saturated heterocycles. The van der Waals surface area contributed by atoms with E-state index in [0.717, 1.165) is 56.1 Å². The van der Waals surface area contributed by atoms with Crippen molar-refractivity contribution in [3.63, 3.8) is 0 Å². The van der Waals surface area contributed by atoms with Crippen LogP contribution in [0.3, 0.4) is 0 Å². The summed E-state index contributed by atoms with van der Waals surface area (Å²) in [6.07, 6.45) is 0.442. The highest BCUT2D eigenvalue weighted by Gasteiger charge is 2.37. The summed E-state index contributed by atoms with van der Waals surface area (Å²) in [5.41, 5.74) is -0.494. The lowest BCUT2D eigenvalue weighted by Crippen LogP contribution is -2.55. The molecule has 45 heavy (non-hydrogen) atoms. The van der Waals surface area contributed by atoms with Gasteiger partial charge >= 0.3 is 6.18 Å². The molecular formula is C32H34ClF4N3O4S. The molecule has 7 nitrogen and oxygen atoms in total. The van der Waals surface area contributed by atoms with Crippen LogP contribution < -0.4 is 9.62 Å². The number of rotatable bonds is 11. The van der Waals surface area contributed by atoms with Crippen molar-refractivity contribution in [2.75, 3.05) is 17.1 Å². The molecule has 1 fully saturated rings. The van der Waals surface area contributed by atoms with Crippen molar-refractivity contribution in [1.29, 1.82) is 0 Å². The van der Waals surface area contributed by atoms with Crippen LogP contribution in [-0.2, 0) is 38.8 Å². The van der Waals surface area contributed by atoms with E-state index in [0.29, 0.717) is 15.9 Å². The Morgan fingerprint density at radius 1 is 0.956 bits per heavy atom. The van der Waals surface area contributed by atoms with E-state index >= 15 is 0 Å². The number of carbonyl (C=O) groups is 2. The Labute approximate surface area is 265 Å². The minimum atomic E-state index is -4.88. The fraction of sp³-hybridized carbons (Fsp3) is 0.375. The maximum atomic E-state index is 14.1. The Morgan fingerprint density at radius 3 is 2.20 bits per heavy atom. The van der Waals surface area contributed by atoms with Gasteiger partial charge in [0.1, 0.15) is 18.4 Å². The van der Waals surface area contributed by atoms with Crippen molar-refractivity contribution in [2.45, 2.75) is 63.3 Å². The molecule has 1 aliphatic rings. The molecule has 0 unspecified atom stereocenters. The van der Waals surface area contributed by atoms with E-state index in [1.54, 1.807) is 30.3 Å². The zero-order chi connectivity index (χ0) is 32.8. The molecule has 0 aliphatic heterocycles. The summed E-state index contributed by atoms with van der Waals surface area (Å²) in [6.45, 7) is -1.10. The first-order chi connectivity index (χ1) is 21.2. The van der Waals surface area contributed by atoms with E-state index < -0.39 is 62.7 Å². The zero-order valence-electron chi connectivity index (χ0n) is 24.6. The monoisotopic (exact) mass is 667 g/mol. The first-order valence-electron chi connectivity index (χ1n) is 14.4. The largest absolute Gasteiger partial charge is 0.417 e. The van der Waals surface area contributed by atoms with Crippen LogP contribution in [0.5, 0.6) is 0 Å². The Bertz CT molecular complexity index is 1580. The molecule has 0 spiro atoms. The van der Waals surface area contributed by atoms with Crippen LogP contribution in [-0.4, -0.2) is 50.0 Å². The summed E-state index contributed by atoms with van der Waals surface area (Å²) in [4.78, 5) is 29.3. The van der Waals surface area contributed by atoms with Crippen LogP contribution in [0.1, 0.15) is 48.8 Å². The van der Waals surface area contributed by atoms with Gasteiger partial charge in [-0.25, -0.2) is 12.8 Å². The summed E-state index contributed by atoms with van der Waals surface area (Å²) in [7, 11) is -4.30. The second-order valence-corrected chi connectivity index (χ2v) is 13.4. The van der Waals surface area contributed by atoms with Gasteiger partial charge in [0, 0.05) is 19.0 Å². The molecule has 0 aromatic heterocycles. The number of amides is 2. The summed E-state index contributed by atoms with van der Waals surface area (Å²) in [5, 5.41) is 2.42. The van der Waals surface area contributed by atoms with Gasteiger partial charge in [-0.3, -0.25) is 13.9 Å². The number of carbonyl (C=O) groups excluding carboxylic acids is 2. The molecule has 1 atom stereocenters. The SMILES string of the molecule is CS(=O)(=O)N(CC(=O)N(Cc1ccc(F)cc1)[C@H](Cc1ccccc1)C(=O)NC1CCCCC1)c1ccc(Cl)c(C(F)(F)F)c1. The first-order valence-corrected chi connectivity index (χ1v) is 16.7. The van der Waals surface area contributed by atoms with Crippen molar-refractivity contribution in [3.8, 4) is 0 Å². The minimum absolute atomic E-state index is 0.0738. The Kier molecular flexibility index (Phi) is 11.1. The second-order valence-electron chi connectivity index (χ2n) is 11.1. The van der Waals surface area contributed by atoms with Crippen LogP contribution in [0.25, 0.3) is 0 Å². The summed E-state index contributed by atoms with van der Waals surface area (Å²) in [6, 6.07) is 15.5. The number of hydrogen-bond acceptors (Lipinski definition) is 4. The highest BCUT2D eigenvalue weighted by molar-refractivity contribution is 7.92. The summed E-state index contributed by atoms with van der Waals surface area (Å²) >= 11 is 5.76. The quantitative estimate of drug-likeness (QED) is 0.242. The highest BCUT2D eigenvalue weighted by Crippen LogP contribution is 2.37. The minimum Gasteiger partial charge on any atom is -0.352 e. The van der Waals surface area contributed by atoms with Gasteiger partial charge in [0.05, 0.1) is 22.5 Å². The highest BCUT2D eigenvalue weighted by atomic mass is 35.5. The van der Waals surface area contributed by atoms with Gasteiger partial charge in [-0.1, -0.05) is 73.3 Å². The summed E-state index contributed by atoms with van der Waals surface area (Å²) < 4.78 is 81.1. The van der Waals surface area contributed by atoms with Gasteiger partial charge in [0.25, 0.3) is 0 Å². The van der Waals surface area contributed by atoms with Crippen molar-refractivity contribution in [3.05, 3.63) is 100 Å². The first kappa shape index (κ1) is 34.2. The van der Waals surface area contributed by atoms with E-state index in [-0.39, 0.29) is 19.0 Å². The van der Waals surface area contributed by atoms with Crippen LogP contribution in [0.4, 0.5) is 23.2 Å². The molecule has 1 N–H and O–H groups in total. The van der Waals surface area contributed by atoms with Gasteiger partial charge in [0.15, 0.2) is 0 Å². The number of alkyl halides is 3. The molecule has 13 heteroatoms. The predicted molar refractivity (Wildman–Crippen MR) is 165 cm³/mol. The van der Waals surface area contributed by atoms with Crippen molar-refractivity contribution >= 4 is 39.1 Å². The fourth-order valence-corrected chi connectivity index (χ4v) is 6.45. The Hall–Kier alpha value is -3.64. The fourth-order valence-electron chi connectivity index (χ4n) is 5.38. The normalized spacial score (nSPS) is 14.9. The van der Waals surface area contributed by atoms with Crippen molar-refractivity contribution in [1.82, 2.24) is 10.2 Å². The number of benzene rings is 3. The lowest BCUT2D eigenvalue weighted by molar-refractivity contribution is -0.140. The Morgan fingerprint density at radius 2 is 1.60 bits per heavy atom. The van der Waals surface area contributed by atoms with Gasteiger partial charge in [-0.15, -0.1) is 0 Å². The molecule has 1 aliphatic carbocycles. The number of nitrogens with zero attached hydrogens (tertiary/aromatic N) is 2. The van der Waals surface area contributed by atoms with Gasteiger partial charge in [-0.05, 0) is 54.3 Å². The van der Waals surface area contributed by atoms with E-state index in [1.807, 2.05) is 0 Å². The lowest BCUT2D eigenvalue weighted by atomic mass is 9.94. The van der Waals surface area contributed by atoms with E-state index in [2.05, 4.69) is 5.32 Å².